The lowest BCUT2D eigenvalue weighted by Crippen LogP contribution is -2.26. The molecule has 4 nitrogen and oxygen atoms in total. The van der Waals surface area contributed by atoms with E-state index in [1.165, 1.54) is 0 Å². The van der Waals surface area contributed by atoms with Crippen LogP contribution in [0.3, 0.4) is 0 Å². The van der Waals surface area contributed by atoms with E-state index < -0.39 is 11.9 Å². The molecule has 0 aliphatic heterocycles. The van der Waals surface area contributed by atoms with Gasteiger partial charge in [-0.15, -0.1) is 0 Å². The molecule has 0 unspecified atom stereocenters. The monoisotopic (exact) mass is 359 g/mol. The van der Waals surface area contributed by atoms with E-state index in [4.69, 9.17) is 16.3 Å². The minimum atomic E-state index is -0.441. The average Bonchev–Trinajstić information content (AvgIpc) is 2.57. The van der Waals surface area contributed by atoms with Gasteiger partial charge in [-0.1, -0.05) is 55.8 Å². The fraction of sp³-hybridized carbons (Fsp3) is 0.300. The maximum absolute atomic E-state index is 12.5. The minimum Gasteiger partial charge on any atom is -0.455 e. The Balaban J connectivity index is 1.98. The zero-order valence-electron chi connectivity index (χ0n) is 14.6. The van der Waals surface area contributed by atoms with Crippen LogP contribution in [0, 0.1) is 12.8 Å². The van der Waals surface area contributed by atoms with Crippen LogP contribution in [-0.4, -0.2) is 18.5 Å². The molecule has 0 aliphatic carbocycles. The van der Waals surface area contributed by atoms with Crippen molar-refractivity contribution in [3.63, 3.8) is 0 Å². The summed E-state index contributed by atoms with van der Waals surface area (Å²) in [6.45, 7) is 5.46. The molecule has 0 fully saturated rings. The van der Waals surface area contributed by atoms with Crippen LogP contribution in [-0.2, 0) is 14.3 Å². The van der Waals surface area contributed by atoms with Gasteiger partial charge in [-0.3, -0.25) is 9.59 Å². The number of ether oxygens (including phenoxy) is 1. The first kappa shape index (κ1) is 19.0. The van der Waals surface area contributed by atoms with Gasteiger partial charge in [0.2, 0.25) is 0 Å². The summed E-state index contributed by atoms with van der Waals surface area (Å²) in [6.07, 6.45) is 0. The number of hydrogen-bond acceptors (Lipinski definition) is 3. The molecule has 2 aromatic carbocycles. The number of nitrogens with one attached hydrogen (secondary N) is 1. The SMILES string of the molecule is Cc1ccccc1NC(=O)COC(=O)[C@H](c1ccc(Cl)cc1)C(C)C. The van der Waals surface area contributed by atoms with Crippen LogP contribution in [0.2, 0.25) is 5.02 Å². The Morgan fingerprint density at radius 2 is 1.72 bits per heavy atom. The second kappa shape index (κ2) is 8.67. The molecular weight excluding hydrogens is 338 g/mol. The van der Waals surface area contributed by atoms with Gasteiger partial charge < -0.3 is 10.1 Å². The Morgan fingerprint density at radius 3 is 2.32 bits per heavy atom. The van der Waals surface area contributed by atoms with Crippen LogP contribution in [0.1, 0.15) is 30.9 Å². The fourth-order valence-corrected chi connectivity index (χ4v) is 2.72. The third-order valence-corrected chi connectivity index (χ3v) is 4.17. The highest BCUT2D eigenvalue weighted by Gasteiger charge is 2.26. The van der Waals surface area contributed by atoms with E-state index in [0.29, 0.717) is 10.7 Å². The molecule has 1 atom stereocenters. The Hall–Kier alpha value is -2.33. The van der Waals surface area contributed by atoms with E-state index in [9.17, 15) is 9.59 Å². The summed E-state index contributed by atoms with van der Waals surface area (Å²) in [5.41, 5.74) is 2.48. The van der Waals surface area contributed by atoms with Crippen LogP contribution >= 0.6 is 11.6 Å². The summed E-state index contributed by atoms with van der Waals surface area (Å²) in [5, 5.41) is 3.36. The van der Waals surface area contributed by atoms with Crippen molar-refractivity contribution in [1.82, 2.24) is 0 Å². The number of hydrogen-bond donors (Lipinski definition) is 1. The Morgan fingerprint density at radius 1 is 1.08 bits per heavy atom. The van der Waals surface area contributed by atoms with Crippen LogP contribution < -0.4 is 5.32 Å². The van der Waals surface area contributed by atoms with Gasteiger partial charge >= 0.3 is 5.97 Å². The molecule has 0 aliphatic rings. The molecule has 1 N–H and O–H groups in total. The van der Waals surface area contributed by atoms with Gasteiger partial charge in [0.15, 0.2) is 6.61 Å². The average molecular weight is 360 g/mol. The number of anilines is 1. The maximum Gasteiger partial charge on any atom is 0.314 e. The summed E-state index contributed by atoms with van der Waals surface area (Å²) in [5.74, 6) is -1.19. The number of benzene rings is 2. The predicted octanol–water partition coefficient (Wildman–Crippen LogP) is 4.57. The molecule has 1 amide bonds. The number of para-hydroxylation sites is 1. The van der Waals surface area contributed by atoms with Gasteiger partial charge in [0.25, 0.3) is 5.91 Å². The van der Waals surface area contributed by atoms with E-state index in [1.54, 1.807) is 18.2 Å². The highest BCUT2D eigenvalue weighted by molar-refractivity contribution is 6.30. The molecule has 0 spiro atoms. The number of carbonyl (C=O) groups is 2. The molecule has 5 heteroatoms. The quantitative estimate of drug-likeness (QED) is 0.768. The second-order valence-corrected chi connectivity index (χ2v) is 6.68. The van der Waals surface area contributed by atoms with E-state index in [0.717, 1.165) is 11.1 Å². The zero-order valence-corrected chi connectivity index (χ0v) is 15.3. The second-order valence-electron chi connectivity index (χ2n) is 6.24. The number of carbonyl (C=O) groups excluding carboxylic acids is 2. The smallest absolute Gasteiger partial charge is 0.314 e. The van der Waals surface area contributed by atoms with E-state index in [-0.39, 0.29) is 18.4 Å². The van der Waals surface area contributed by atoms with Crippen molar-refractivity contribution in [2.75, 3.05) is 11.9 Å². The van der Waals surface area contributed by atoms with Crippen LogP contribution in [0.4, 0.5) is 5.69 Å². The van der Waals surface area contributed by atoms with E-state index in [2.05, 4.69) is 5.32 Å². The number of aryl methyl sites for hydroxylation is 1. The van der Waals surface area contributed by atoms with Crippen molar-refractivity contribution in [1.29, 1.82) is 0 Å². The first-order chi connectivity index (χ1) is 11.9. The van der Waals surface area contributed by atoms with Crippen LogP contribution in [0.25, 0.3) is 0 Å². The Kier molecular flexibility index (Phi) is 6.59. The highest BCUT2D eigenvalue weighted by Crippen LogP contribution is 2.27. The zero-order chi connectivity index (χ0) is 18.4. The van der Waals surface area contributed by atoms with Crippen LogP contribution in [0.15, 0.2) is 48.5 Å². The largest absolute Gasteiger partial charge is 0.455 e. The topological polar surface area (TPSA) is 55.4 Å². The van der Waals surface area contributed by atoms with Crippen LogP contribution in [0.5, 0.6) is 0 Å². The molecular formula is C20H22ClNO3. The molecule has 2 aromatic rings. The van der Waals surface area contributed by atoms with Crippen molar-refractivity contribution >= 4 is 29.2 Å². The molecule has 25 heavy (non-hydrogen) atoms. The van der Waals surface area contributed by atoms with Crippen molar-refractivity contribution in [3.8, 4) is 0 Å². The lowest BCUT2D eigenvalue weighted by Gasteiger charge is -2.20. The molecule has 132 valence electrons. The van der Waals surface area contributed by atoms with Gasteiger partial charge in [0.1, 0.15) is 0 Å². The van der Waals surface area contributed by atoms with E-state index >= 15 is 0 Å². The standard InChI is InChI=1S/C20H22ClNO3/c1-13(2)19(15-8-10-16(21)11-9-15)20(24)25-12-18(23)22-17-7-5-4-6-14(17)3/h4-11,13,19H,12H2,1-3H3,(H,22,23)/t19-/m0/s1. The molecule has 0 bridgehead atoms. The molecule has 0 heterocycles. The molecule has 0 radical (unpaired) electrons. The first-order valence-corrected chi connectivity index (χ1v) is 8.54. The van der Waals surface area contributed by atoms with Gasteiger partial charge in [0.05, 0.1) is 5.92 Å². The number of rotatable bonds is 6. The lowest BCUT2D eigenvalue weighted by molar-refractivity contribution is -0.149. The summed E-state index contributed by atoms with van der Waals surface area (Å²) in [6, 6.07) is 14.5. The number of esters is 1. The highest BCUT2D eigenvalue weighted by atomic mass is 35.5. The van der Waals surface area contributed by atoms with Gasteiger partial charge in [-0.25, -0.2) is 0 Å². The Bertz CT molecular complexity index is 741. The van der Waals surface area contributed by atoms with E-state index in [1.807, 2.05) is 51.1 Å². The summed E-state index contributed by atoms with van der Waals surface area (Å²) in [7, 11) is 0. The summed E-state index contributed by atoms with van der Waals surface area (Å²) < 4.78 is 5.24. The first-order valence-electron chi connectivity index (χ1n) is 8.16. The van der Waals surface area contributed by atoms with Gasteiger partial charge in [-0.05, 0) is 42.2 Å². The van der Waals surface area contributed by atoms with Crippen molar-refractivity contribution in [2.45, 2.75) is 26.7 Å². The molecule has 0 aromatic heterocycles. The van der Waals surface area contributed by atoms with Gasteiger partial charge in [0, 0.05) is 10.7 Å². The number of amides is 1. The Labute approximate surface area is 153 Å². The molecule has 0 saturated heterocycles. The summed E-state index contributed by atoms with van der Waals surface area (Å²) in [4.78, 5) is 24.5. The number of halogens is 1. The third kappa shape index (κ3) is 5.33. The summed E-state index contributed by atoms with van der Waals surface area (Å²) >= 11 is 5.90. The maximum atomic E-state index is 12.5. The fourth-order valence-electron chi connectivity index (χ4n) is 2.59. The van der Waals surface area contributed by atoms with Gasteiger partial charge in [-0.2, -0.15) is 0 Å². The normalized spacial score (nSPS) is 11.9. The molecule has 2 rings (SSSR count). The van der Waals surface area contributed by atoms with Crippen molar-refractivity contribution in [3.05, 3.63) is 64.7 Å². The third-order valence-electron chi connectivity index (χ3n) is 3.91. The molecule has 0 saturated carbocycles. The predicted molar refractivity (Wildman–Crippen MR) is 99.8 cm³/mol. The minimum absolute atomic E-state index is 0.0353. The van der Waals surface area contributed by atoms with Crippen molar-refractivity contribution < 1.29 is 14.3 Å². The van der Waals surface area contributed by atoms with Crippen molar-refractivity contribution in [2.24, 2.45) is 5.92 Å². The lowest BCUT2D eigenvalue weighted by atomic mass is 9.88.